The molecule has 0 amide bonds. The van der Waals surface area contributed by atoms with Crippen molar-refractivity contribution >= 4 is 12.2 Å². The monoisotopic (exact) mass is 242 g/mol. The molecule has 0 aliphatic rings. The van der Waals surface area contributed by atoms with E-state index in [2.05, 4.69) is 4.98 Å². The van der Waals surface area contributed by atoms with E-state index in [1.54, 1.807) is 6.26 Å². The maximum absolute atomic E-state index is 5.33. The predicted molar refractivity (Wildman–Crippen MR) is 68.7 cm³/mol. The highest BCUT2D eigenvalue weighted by Crippen LogP contribution is 2.20. The van der Waals surface area contributed by atoms with E-state index in [0.29, 0.717) is 4.77 Å². The van der Waals surface area contributed by atoms with Gasteiger partial charge in [0, 0.05) is 11.9 Å². The average Bonchev–Trinajstić information content (AvgIpc) is 2.99. The van der Waals surface area contributed by atoms with E-state index < -0.39 is 0 Å². The van der Waals surface area contributed by atoms with E-state index in [4.69, 9.17) is 16.6 Å². The Labute approximate surface area is 103 Å². The van der Waals surface area contributed by atoms with Crippen LogP contribution in [0, 0.1) is 4.77 Å². The number of aromatic amines is 1. The van der Waals surface area contributed by atoms with Gasteiger partial charge in [-0.2, -0.15) is 0 Å². The molecule has 0 atom stereocenters. The second kappa shape index (κ2) is 4.07. The van der Waals surface area contributed by atoms with Gasteiger partial charge in [-0.1, -0.05) is 18.2 Å². The first-order chi connectivity index (χ1) is 8.34. The summed E-state index contributed by atoms with van der Waals surface area (Å²) in [7, 11) is 0. The van der Waals surface area contributed by atoms with Gasteiger partial charge >= 0.3 is 0 Å². The van der Waals surface area contributed by atoms with Gasteiger partial charge in [0.1, 0.15) is 5.69 Å². The molecule has 0 saturated carbocycles. The highest BCUT2D eigenvalue weighted by Gasteiger charge is 2.06. The van der Waals surface area contributed by atoms with Gasteiger partial charge in [0.2, 0.25) is 0 Å². The standard InChI is InChI=1S/C13H10N2OS/c17-13-14-11(12-7-4-8-16-12)9-15(13)10-5-2-1-3-6-10/h1-9H,(H,14,17). The Morgan fingerprint density at radius 1 is 1.06 bits per heavy atom. The number of nitrogens with zero attached hydrogens (tertiary/aromatic N) is 1. The van der Waals surface area contributed by atoms with E-state index in [0.717, 1.165) is 17.1 Å². The summed E-state index contributed by atoms with van der Waals surface area (Å²) in [5, 5.41) is 0. The minimum atomic E-state index is 0.655. The van der Waals surface area contributed by atoms with E-state index in [9.17, 15) is 0 Å². The number of imidazole rings is 1. The van der Waals surface area contributed by atoms with Crippen LogP contribution in [0.3, 0.4) is 0 Å². The Kier molecular flexibility index (Phi) is 2.42. The molecule has 0 spiro atoms. The van der Waals surface area contributed by atoms with Crippen molar-refractivity contribution < 1.29 is 4.42 Å². The quantitative estimate of drug-likeness (QED) is 0.693. The van der Waals surface area contributed by atoms with Gasteiger partial charge in [0.05, 0.1) is 6.26 Å². The number of hydrogen-bond donors (Lipinski definition) is 1. The summed E-state index contributed by atoms with van der Waals surface area (Å²) in [6.45, 7) is 0. The van der Waals surface area contributed by atoms with E-state index in [1.807, 2.05) is 53.2 Å². The van der Waals surface area contributed by atoms with Gasteiger partial charge in [0.25, 0.3) is 0 Å². The maximum Gasteiger partial charge on any atom is 0.182 e. The van der Waals surface area contributed by atoms with Crippen LogP contribution in [0.5, 0.6) is 0 Å². The first kappa shape index (κ1) is 10.1. The molecule has 4 heteroatoms. The zero-order valence-corrected chi connectivity index (χ0v) is 9.78. The zero-order chi connectivity index (χ0) is 11.7. The van der Waals surface area contributed by atoms with Gasteiger partial charge in [-0.05, 0) is 36.5 Å². The summed E-state index contributed by atoms with van der Waals surface area (Å²) in [5.41, 5.74) is 1.91. The Hall–Kier alpha value is -2.07. The molecule has 1 aromatic carbocycles. The molecule has 0 unspecified atom stereocenters. The number of hydrogen-bond acceptors (Lipinski definition) is 2. The van der Waals surface area contributed by atoms with E-state index >= 15 is 0 Å². The summed E-state index contributed by atoms with van der Waals surface area (Å²) < 4.78 is 7.91. The summed E-state index contributed by atoms with van der Waals surface area (Å²) in [4.78, 5) is 3.13. The van der Waals surface area contributed by atoms with Crippen molar-refractivity contribution in [1.29, 1.82) is 0 Å². The lowest BCUT2D eigenvalue weighted by atomic mass is 10.3. The SMILES string of the molecule is S=c1[nH]c(-c2ccco2)cn1-c1ccccc1. The van der Waals surface area contributed by atoms with Crippen LogP contribution in [-0.2, 0) is 0 Å². The Bertz CT molecular complexity index is 665. The molecule has 0 bridgehead atoms. The number of rotatable bonds is 2. The normalized spacial score (nSPS) is 10.6. The zero-order valence-electron chi connectivity index (χ0n) is 8.96. The lowest BCUT2D eigenvalue weighted by molar-refractivity contribution is 0.580. The third kappa shape index (κ3) is 1.83. The second-order valence-corrected chi connectivity index (χ2v) is 4.04. The largest absolute Gasteiger partial charge is 0.463 e. The fraction of sp³-hybridized carbons (Fsp3) is 0. The molecule has 0 fully saturated rings. The van der Waals surface area contributed by atoms with Gasteiger partial charge in [-0.15, -0.1) is 0 Å². The molecule has 0 aliphatic heterocycles. The smallest absolute Gasteiger partial charge is 0.182 e. The fourth-order valence-corrected chi connectivity index (χ4v) is 2.00. The number of aromatic nitrogens is 2. The average molecular weight is 242 g/mol. The fourth-order valence-electron chi connectivity index (χ4n) is 1.73. The van der Waals surface area contributed by atoms with Crippen LogP contribution >= 0.6 is 12.2 Å². The third-order valence-corrected chi connectivity index (χ3v) is 2.84. The van der Waals surface area contributed by atoms with Gasteiger partial charge in [-0.25, -0.2) is 0 Å². The topological polar surface area (TPSA) is 33.9 Å². The van der Waals surface area contributed by atoms with Crippen molar-refractivity contribution in [2.45, 2.75) is 0 Å². The second-order valence-electron chi connectivity index (χ2n) is 3.66. The first-order valence-corrected chi connectivity index (χ1v) is 5.66. The molecule has 2 aromatic heterocycles. The summed E-state index contributed by atoms with van der Waals surface area (Å²) >= 11 is 5.29. The van der Waals surface area contributed by atoms with Gasteiger partial charge < -0.3 is 9.40 Å². The molecule has 2 heterocycles. The molecule has 3 rings (SSSR count). The van der Waals surface area contributed by atoms with Gasteiger partial charge in [0.15, 0.2) is 10.5 Å². The molecular formula is C13H10N2OS. The molecule has 84 valence electrons. The number of furan rings is 1. The predicted octanol–water partition coefficient (Wildman–Crippen LogP) is 3.79. The van der Waals surface area contributed by atoms with Crippen LogP contribution in [0.15, 0.2) is 59.3 Å². The minimum absolute atomic E-state index is 0.655. The summed E-state index contributed by atoms with van der Waals surface area (Å²) in [6, 6.07) is 13.7. The maximum atomic E-state index is 5.33. The first-order valence-electron chi connectivity index (χ1n) is 5.25. The molecule has 1 N–H and O–H groups in total. The number of para-hydroxylation sites is 1. The number of nitrogens with one attached hydrogen (secondary N) is 1. The van der Waals surface area contributed by atoms with Crippen molar-refractivity contribution in [3.05, 3.63) is 59.7 Å². The highest BCUT2D eigenvalue weighted by atomic mass is 32.1. The number of benzene rings is 1. The summed E-state index contributed by atoms with van der Waals surface area (Å²) in [6.07, 6.45) is 3.59. The molecule has 0 aliphatic carbocycles. The van der Waals surface area contributed by atoms with Crippen molar-refractivity contribution in [2.24, 2.45) is 0 Å². The van der Waals surface area contributed by atoms with E-state index in [-0.39, 0.29) is 0 Å². The lowest BCUT2D eigenvalue weighted by Crippen LogP contribution is -1.90. The van der Waals surface area contributed by atoms with Crippen LogP contribution in [-0.4, -0.2) is 9.55 Å². The van der Waals surface area contributed by atoms with Crippen LogP contribution in [0.1, 0.15) is 0 Å². The van der Waals surface area contributed by atoms with E-state index in [1.165, 1.54) is 0 Å². The lowest BCUT2D eigenvalue weighted by Gasteiger charge is -1.99. The van der Waals surface area contributed by atoms with Crippen molar-refractivity contribution in [3.63, 3.8) is 0 Å². The van der Waals surface area contributed by atoms with Crippen molar-refractivity contribution in [1.82, 2.24) is 9.55 Å². The number of H-pyrrole nitrogens is 1. The highest BCUT2D eigenvalue weighted by molar-refractivity contribution is 7.71. The molecule has 0 radical (unpaired) electrons. The van der Waals surface area contributed by atoms with Crippen LogP contribution in [0.2, 0.25) is 0 Å². The third-order valence-electron chi connectivity index (χ3n) is 2.54. The minimum Gasteiger partial charge on any atom is -0.463 e. The molecular weight excluding hydrogens is 232 g/mol. The van der Waals surface area contributed by atoms with Crippen LogP contribution in [0.4, 0.5) is 0 Å². The van der Waals surface area contributed by atoms with Crippen molar-refractivity contribution in [2.75, 3.05) is 0 Å². The van der Waals surface area contributed by atoms with Crippen LogP contribution in [0.25, 0.3) is 17.1 Å². The molecule has 0 saturated heterocycles. The Morgan fingerprint density at radius 3 is 2.59 bits per heavy atom. The van der Waals surface area contributed by atoms with Gasteiger partial charge in [-0.3, -0.25) is 4.57 Å². The van der Waals surface area contributed by atoms with Crippen LogP contribution < -0.4 is 0 Å². The molecule has 17 heavy (non-hydrogen) atoms. The Balaban J connectivity index is 2.12. The summed E-state index contributed by atoms with van der Waals surface area (Å²) in [5.74, 6) is 0.783. The molecule has 3 aromatic rings. The van der Waals surface area contributed by atoms with Crippen molar-refractivity contribution in [3.8, 4) is 17.1 Å². The molecule has 3 nitrogen and oxygen atoms in total. The Morgan fingerprint density at radius 2 is 1.88 bits per heavy atom.